The highest BCUT2D eigenvalue weighted by molar-refractivity contribution is 7.93. The second-order valence-electron chi connectivity index (χ2n) is 5.68. The summed E-state index contributed by atoms with van der Waals surface area (Å²) in [5, 5.41) is 6.74. The van der Waals surface area contributed by atoms with Crippen molar-refractivity contribution in [2.24, 2.45) is 0 Å². The van der Waals surface area contributed by atoms with Crippen LogP contribution in [0.25, 0.3) is 22.4 Å². The van der Waals surface area contributed by atoms with Crippen molar-refractivity contribution in [1.82, 2.24) is 10.2 Å². The Morgan fingerprint density at radius 3 is 2.48 bits per heavy atom. The average molecular weight is 325 g/mol. The lowest BCUT2D eigenvalue weighted by Gasteiger charge is -2.27. The van der Waals surface area contributed by atoms with Gasteiger partial charge in [0, 0.05) is 12.6 Å². The quantitative estimate of drug-likeness (QED) is 0.747. The first kappa shape index (κ1) is 14.0. The smallest absolute Gasteiger partial charge is 0.267 e. The number of sulfonamides is 1. The van der Waals surface area contributed by atoms with Crippen LogP contribution in [0.4, 0.5) is 5.69 Å². The molecule has 1 aliphatic heterocycles. The Morgan fingerprint density at radius 1 is 1.04 bits per heavy atom. The number of hydrogen-bond acceptors (Lipinski definition) is 3. The molecule has 0 atom stereocenters. The number of nitrogens with one attached hydrogen (secondary N) is 1. The summed E-state index contributed by atoms with van der Waals surface area (Å²) < 4.78 is 26.3. The number of H-pyrrole nitrogens is 1. The van der Waals surface area contributed by atoms with Crippen LogP contribution in [-0.4, -0.2) is 25.7 Å². The van der Waals surface area contributed by atoms with Crippen molar-refractivity contribution in [1.29, 1.82) is 0 Å². The molecular formula is C17H15N3O2S. The number of fused-ring (bicyclic) bond motifs is 3. The molecule has 2 heterocycles. The number of hydrogen-bond donors (Lipinski definition) is 1. The van der Waals surface area contributed by atoms with Crippen LogP contribution in [0.2, 0.25) is 0 Å². The maximum atomic E-state index is 12.5. The number of anilines is 1. The Hall–Kier alpha value is -2.60. The van der Waals surface area contributed by atoms with Crippen LogP contribution in [0, 0.1) is 6.92 Å². The largest absolute Gasteiger partial charge is 0.276 e. The van der Waals surface area contributed by atoms with Crippen molar-refractivity contribution in [3.8, 4) is 22.4 Å². The number of aromatic nitrogens is 2. The first-order chi connectivity index (χ1) is 11.0. The van der Waals surface area contributed by atoms with E-state index in [9.17, 15) is 8.42 Å². The van der Waals surface area contributed by atoms with Crippen LogP contribution < -0.4 is 4.31 Å². The van der Waals surface area contributed by atoms with Gasteiger partial charge in [-0.3, -0.25) is 9.40 Å². The molecule has 3 aromatic rings. The van der Waals surface area contributed by atoms with Gasteiger partial charge in [-0.25, -0.2) is 8.42 Å². The third kappa shape index (κ3) is 1.98. The van der Waals surface area contributed by atoms with E-state index in [0.717, 1.165) is 16.7 Å². The summed E-state index contributed by atoms with van der Waals surface area (Å²) in [7, 11) is -1.97. The first-order valence-corrected chi connectivity index (χ1v) is 8.66. The molecule has 2 aromatic carbocycles. The Balaban J connectivity index is 1.94. The molecule has 4 rings (SSSR count). The number of nitrogens with zero attached hydrogens (tertiary/aromatic N) is 2. The van der Waals surface area contributed by atoms with E-state index in [4.69, 9.17) is 0 Å². The lowest BCUT2D eigenvalue weighted by Crippen LogP contribution is -2.30. The van der Waals surface area contributed by atoms with Gasteiger partial charge in [0.25, 0.3) is 10.0 Å². The van der Waals surface area contributed by atoms with Gasteiger partial charge in [-0.1, -0.05) is 35.9 Å². The van der Waals surface area contributed by atoms with Gasteiger partial charge in [-0.05, 0) is 30.2 Å². The minimum absolute atomic E-state index is 0.216. The van der Waals surface area contributed by atoms with E-state index in [-0.39, 0.29) is 4.90 Å². The summed E-state index contributed by atoms with van der Waals surface area (Å²) >= 11 is 0. The molecule has 1 aromatic heterocycles. The number of aromatic amines is 1. The van der Waals surface area contributed by atoms with Crippen molar-refractivity contribution in [2.45, 2.75) is 11.8 Å². The van der Waals surface area contributed by atoms with Crippen LogP contribution in [0.15, 0.2) is 53.6 Å². The van der Waals surface area contributed by atoms with E-state index in [0.29, 0.717) is 11.4 Å². The maximum Gasteiger partial charge on any atom is 0.267 e. The number of rotatable bonds is 1. The first-order valence-electron chi connectivity index (χ1n) is 7.22. The van der Waals surface area contributed by atoms with Gasteiger partial charge in [0.2, 0.25) is 0 Å². The summed E-state index contributed by atoms with van der Waals surface area (Å²) in [6.07, 6.45) is 1.36. The van der Waals surface area contributed by atoms with Crippen molar-refractivity contribution >= 4 is 15.7 Å². The SMILES string of the molecule is Cc1ccc(-c2ccc3c(c2)-c2[nH]ncc2S(=O)(=O)N3C)cc1. The standard InChI is InChI=1S/C17H15N3O2S/c1-11-3-5-12(6-4-11)13-7-8-15-14(9-13)17-16(10-18-19-17)23(21,22)20(15)2/h3-10H,1-2H3,(H,18,19). The molecular weight excluding hydrogens is 310 g/mol. The van der Waals surface area contributed by atoms with Gasteiger partial charge in [0.15, 0.2) is 0 Å². The molecule has 0 saturated heterocycles. The van der Waals surface area contributed by atoms with E-state index in [1.807, 2.05) is 25.1 Å². The third-order valence-corrected chi connectivity index (χ3v) is 6.02. The minimum atomic E-state index is -3.53. The lowest BCUT2D eigenvalue weighted by molar-refractivity contribution is 0.594. The summed E-state index contributed by atoms with van der Waals surface area (Å²) in [6, 6.07) is 14.0. The molecule has 23 heavy (non-hydrogen) atoms. The topological polar surface area (TPSA) is 66.1 Å². The van der Waals surface area contributed by atoms with Gasteiger partial charge in [-0.15, -0.1) is 0 Å². The van der Waals surface area contributed by atoms with E-state index < -0.39 is 10.0 Å². The van der Waals surface area contributed by atoms with Crippen LogP contribution >= 0.6 is 0 Å². The van der Waals surface area contributed by atoms with Gasteiger partial charge in [-0.2, -0.15) is 5.10 Å². The van der Waals surface area contributed by atoms with Crippen molar-refractivity contribution in [3.63, 3.8) is 0 Å². The van der Waals surface area contributed by atoms with Gasteiger partial charge in [0.05, 0.1) is 17.6 Å². The zero-order valence-electron chi connectivity index (χ0n) is 12.7. The van der Waals surface area contributed by atoms with E-state index in [2.05, 4.69) is 34.5 Å². The zero-order chi connectivity index (χ0) is 16.2. The highest BCUT2D eigenvalue weighted by atomic mass is 32.2. The molecule has 0 fully saturated rings. The fourth-order valence-corrected chi connectivity index (χ4v) is 4.19. The van der Waals surface area contributed by atoms with Gasteiger partial charge in [0.1, 0.15) is 4.90 Å². The van der Waals surface area contributed by atoms with E-state index >= 15 is 0 Å². The van der Waals surface area contributed by atoms with Crippen LogP contribution in [0.3, 0.4) is 0 Å². The average Bonchev–Trinajstić information content (AvgIpc) is 3.04. The van der Waals surface area contributed by atoms with Crippen molar-refractivity contribution < 1.29 is 8.42 Å². The fraction of sp³-hybridized carbons (Fsp3) is 0.118. The Kier molecular flexibility index (Phi) is 2.86. The molecule has 0 unspecified atom stereocenters. The van der Waals surface area contributed by atoms with Crippen LogP contribution in [0.5, 0.6) is 0 Å². The highest BCUT2D eigenvalue weighted by Gasteiger charge is 2.34. The normalized spacial score (nSPS) is 15.1. The Labute approximate surface area is 134 Å². The molecule has 1 N–H and O–H groups in total. The zero-order valence-corrected chi connectivity index (χ0v) is 13.6. The molecule has 0 radical (unpaired) electrons. The molecule has 0 saturated carbocycles. The Bertz CT molecular complexity index is 1000. The second kappa shape index (κ2) is 4.70. The highest BCUT2D eigenvalue weighted by Crippen LogP contribution is 2.42. The van der Waals surface area contributed by atoms with Gasteiger partial charge < -0.3 is 0 Å². The number of benzene rings is 2. The fourth-order valence-electron chi connectivity index (χ4n) is 2.88. The summed E-state index contributed by atoms with van der Waals surface area (Å²) in [5.41, 5.74) is 5.37. The second-order valence-corrected chi connectivity index (χ2v) is 7.62. The molecule has 1 aliphatic rings. The molecule has 5 nitrogen and oxygen atoms in total. The van der Waals surface area contributed by atoms with Crippen molar-refractivity contribution in [3.05, 3.63) is 54.2 Å². The van der Waals surface area contributed by atoms with Gasteiger partial charge >= 0.3 is 0 Å². The minimum Gasteiger partial charge on any atom is -0.276 e. The van der Waals surface area contributed by atoms with E-state index in [1.54, 1.807) is 7.05 Å². The summed E-state index contributed by atoms with van der Waals surface area (Å²) in [4.78, 5) is 0.216. The predicted octanol–water partition coefficient (Wildman–Crippen LogP) is 3.19. The number of aryl methyl sites for hydroxylation is 1. The lowest BCUT2D eigenvalue weighted by atomic mass is 9.99. The molecule has 0 spiro atoms. The monoisotopic (exact) mass is 325 g/mol. The molecule has 0 bridgehead atoms. The Morgan fingerprint density at radius 2 is 1.74 bits per heavy atom. The molecule has 0 aliphatic carbocycles. The summed E-state index contributed by atoms with van der Waals surface area (Å²) in [6.45, 7) is 2.05. The van der Waals surface area contributed by atoms with E-state index in [1.165, 1.54) is 16.1 Å². The van der Waals surface area contributed by atoms with Crippen molar-refractivity contribution in [2.75, 3.05) is 11.4 Å². The molecule has 6 heteroatoms. The van der Waals surface area contributed by atoms with Crippen LogP contribution in [-0.2, 0) is 10.0 Å². The van der Waals surface area contributed by atoms with Crippen LogP contribution in [0.1, 0.15) is 5.56 Å². The third-order valence-electron chi connectivity index (χ3n) is 4.23. The predicted molar refractivity (Wildman–Crippen MR) is 89.8 cm³/mol. The molecule has 0 amide bonds. The summed E-state index contributed by atoms with van der Waals surface area (Å²) in [5.74, 6) is 0. The molecule has 116 valence electrons. The maximum absolute atomic E-state index is 12.5.